The Morgan fingerprint density at radius 3 is 2.56 bits per heavy atom. The minimum absolute atomic E-state index is 0.0392. The smallest absolute Gasteiger partial charge is 0.140 e. The molecule has 0 aliphatic rings. The number of hydrogen-bond acceptors (Lipinski definition) is 1. The third kappa shape index (κ3) is 3.65. The van der Waals surface area contributed by atoms with Gasteiger partial charge < -0.3 is 0 Å². The highest BCUT2D eigenvalue weighted by Gasteiger charge is 2.17. The van der Waals surface area contributed by atoms with E-state index in [1.807, 2.05) is 43.3 Å². The lowest BCUT2D eigenvalue weighted by Gasteiger charge is -2.13. The molecule has 0 aromatic heterocycles. The van der Waals surface area contributed by atoms with Crippen LogP contribution < -0.4 is 0 Å². The molecular formula is C15H20O. The van der Waals surface area contributed by atoms with Gasteiger partial charge in [0.25, 0.3) is 0 Å². The number of allylic oxidation sites excluding steroid dienone is 2. The number of benzene rings is 1. The lowest BCUT2D eigenvalue weighted by molar-refractivity contribution is -0.120. The Hall–Kier alpha value is -1.37. The lowest BCUT2D eigenvalue weighted by atomic mass is 9.89. The van der Waals surface area contributed by atoms with Gasteiger partial charge in [0.05, 0.1) is 0 Å². The number of rotatable bonds is 6. The van der Waals surface area contributed by atoms with Crippen molar-refractivity contribution in [3.05, 3.63) is 48.0 Å². The van der Waals surface area contributed by atoms with Gasteiger partial charge in [0, 0.05) is 12.3 Å². The van der Waals surface area contributed by atoms with E-state index < -0.39 is 0 Å². The molecule has 86 valence electrons. The van der Waals surface area contributed by atoms with Crippen LogP contribution in [0.3, 0.4) is 0 Å². The fraction of sp³-hybridized carbons (Fsp3) is 0.400. The number of hydrogen-bond donors (Lipinski definition) is 0. The van der Waals surface area contributed by atoms with Gasteiger partial charge in [-0.25, -0.2) is 0 Å². The van der Waals surface area contributed by atoms with Crippen molar-refractivity contribution in [1.82, 2.24) is 0 Å². The normalized spacial score (nSPS) is 12.9. The summed E-state index contributed by atoms with van der Waals surface area (Å²) in [6, 6.07) is 10.1. The second-order valence-corrected chi connectivity index (χ2v) is 3.98. The fourth-order valence-corrected chi connectivity index (χ4v) is 1.83. The lowest BCUT2D eigenvalue weighted by Crippen LogP contribution is -2.11. The third-order valence-electron chi connectivity index (χ3n) is 2.69. The maximum Gasteiger partial charge on any atom is 0.140 e. The highest BCUT2D eigenvalue weighted by molar-refractivity contribution is 5.85. The zero-order valence-corrected chi connectivity index (χ0v) is 10.1. The van der Waals surface area contributed by atoms with E-state index in [0.29, 0.717) is 12.2 Å². The van der Waals surface area contributed by atoms with E-state index >= 15 is 0 Å². The fourth-order valence-electron chi connectivity index (χ4n) is 1.83. The molecule has 1 nitrogen and oxygen atoms in total. The molecule has 0 aliphatic heterocycles. The number of carbonyl (C=O) groups excluding carboxylic acids is 1. The van der Waals surface area contributed by atoms with Crippen molar-refractivity contribution in [2.75, 3.05) is 0 Å². The zero-order valence-electron chi connectivity index (χ0n) is 10.1. The van der Waals surface area contributed by atoms with Crippen molar-refractivity contribution in [2.24, 2.45) is 0 Å². The topological polar surface area (TPSA) is 17.1 Å². The first-order valence-electron chi connectivity index (χ1n) is 5.98. The van der Waals surface area contributed by atoms with Crippen LogP contribution in [0, 0.1) is 0 Å². The van der Waals surface area contributed by atoms with Crippen LogP contribution >= 0.6 is 0 Å². The first kappa shape index (κ1) is 12.7. The van der Waals surface area contributed by atoms with Gasteiger partial charge in [0.15, 0.2) is 0 Å². The SMILES string of the molecule is CC=CCC(C(=O)CCC)c1ccccc1. The molecule has 0 fully saturated rings. The molecule has 1 aromatic rings. The quantitative estimate of drug-likeness (QED) is 0.654. The van der Waals surface area contributed by atoms with Crippen LogP contribution in [0.1, 0.15) is 44.6 Å². The molecule has 0 saturated heterocycles. The van der Waals surface area contributed by atoms with Crippen LogP contribution in [-0.2, 0) is 4.79 Å². The number of ketones is 1. The van der Waals surface area contributed by atoms with Gasteiger partial charge in [-0.2, -0.15) is 0 Å². The van der Waals surface area contributed by atoms with Gasteiger partial charge in [-0.3, -0.25) is 4.79 Å². The van der Waals surface area contributed by atoms with E-state index in [2.05, 4.69) is 13.0 Å². The van der Waals surface area contributed by atoms with Crippen LogP contribution in [0.25, 0.3) is 0 Å². The average molecular weight is 216 g/mol. The third-order valence-corrected chi connectivity index (χ3v) is 2.69. The Kier molecular flexibility index (Phi) is 5.55. The summed E-state index contributed by atoms with van der Waals surface area (Å²) >= 11 is 0. The molecule has 0 N–H and O–H groups in total. The maximum atomic E-state index is 12.0. The first-order valence-corrected chi connectivity index (χ1v) is 5.98. The molecule has 1 rings (SSSR count). The number of Topliss-reactive ketones (excluding diaryl/α,β-unsaturated/α-hetero) is 1. The van der Waals surface area contributed by atoms with E-state index in [0.717, 1.165) is 18.4 Å². The molecule has 0 aliphatic carbocycles. The van der Waals surface area contributed by atoms with Crippen molar-refractivity contribution >= 4 is 5.78 Å². The van der Waals surface area contributed by atoms with Crippen LogP contribution in [0.2, 0.25) is 0 Å². The van der Waals surface area contributed by atoms with Crippen LogP contribution in [0.5, 0.6) is 0 Å². The van der Waals surface area contributed by atoms with E-state index in [1.54, 1.807) is 0 Å². The van der Waals surface area contributed by atoms with Gasteiger partial charge in [-0.15, -0.1) is 0 Å². The summed E-state index contributed by atoms with van der Waals surface area (Å²) in [4.78, 5) is 12.0. The van der Waals surface area contributed by atoms with Crippen molar-refractivity contribution in [1.29, 1.82) is 0 Å². The van der Waals surface area contributed by atoms with Gasteiger partial charge in [-0.05, 0) is 25.3 Å². The Morgan fingerprint density at radius 1 is 1.31 bits per heavy atom. The summed E-state index contributed by atoms with van der Waals surface area (Å²) in [7, 11) is 0. The van der Waals surface area contributed by atoms with E-state index in [1.165, 1.54) is 0 Å². The predicted octanol–water partition coefficient (Wildman–Crippen LogP) is 4.11. The molecule has 0 radical (unpaired) electrons. The highest BCUT2D eigenvalue weighted by Crippen LogP contribution is 2.23. The summed E-state index contributed by atoms with van der Waals surface area (Å²) in [5.74, 6) is 0.393. The molecule has 1 atom stereocenters. The summed E-state index contributed by atoms with van der Waals surface area (Å²) in [5, 5.41) is 0. The molecule has 16 heavy (non-hydrogen) atoms. The first-order chi connectivity index (χ1) is 7.79. The van der Waals surface area contributed by atoms with Crippen molar-refractivity contribution in [2.45, 2.75) is 39.0 Å². The van der Waals surface area contributed by atoms with Crippen molar-refractivity contribution in [3.63, 3.8) is 0 Å². The molecule has 1 unspecified atom stereocenters. The molecule has 1 heteroatoms. The Bertz CT molecular complexity index is 338. The van der Waals surface area contributed by atoms with Gasteiger partial charge in [0.1, 0.15) is 5.78 Å². The second-order valence-electron chi connectivity index (χ2n) is 3.98. The summed E-state index contributed by atoms with van der Waals surface area (Å²) in [6.07, 6.45) is 6.51. The Morgan fingerprint density at radius 2 is 2.00 bits per heavy atom. The summed E-state index contributed by atoms with van der Waals surface area (Å²) in [6.45, 7) is 4.04. The van der Waals surface area contributed by atoms with Crippen LogP contribution in [0.4, 0.5) is 0 Å². The molecular weight excluding hydrogens is 196 g/mol. The van der Waals surface area contributed by atoms with Crippen molar-refractivity contribution in [3.8, 4) is 0 Å². The Labute approximate surface area is 98.2 Å². The number of carbonyl (C=O) groups is 1. The summed E-state index contributed by atoms with van der Waals surface area (Å²) < 4.78 is 0. The Balaban J connectivity index is 2.83. The standard InChI is InChI=1S/C15H20O/c1-3-5-12-14(15(16)9-4-2)13-10-7-6-8-11-13/h3,5-8,10-11,14H,4,9,12H2,1-2H3. The highest BCUT2D eigenvalue weighted by atomic mass is 16.1. The second kappa shape index (κ2) is 7.00. The maximum absolute atomic E-state index is 12.0. The molecule has 0 amide bonds. The molecule has 0 bridgehead atoms. The largest absolute Gasteiger partial charge is 0.299 e. The van der Waals surface area contributed by atoms with E-state index in [9.17, 15) is 4.79 Å². The monoisotopic (exact) mass is 216 g/mol. The minimum Gasteiger partial charge on any atom is -0.299 e. The molecule has 0 heterocycles. The van der Waals surface area contributed by atoms with E-state index in [-0.39, 0.29) is 5.92 Å². The molecule has 0 saturated carbocycles. The van der Waals surface area contributed by atoms with Gasteiger partial charge in [-0.1, -0.05) is 49.4 Å². The van der Waals surface area contributed by atoms with Crippen LogP contribution in [-0.4, -0.2) is 5.78 Å². The summed E-state index contributed by atoms with van der Waals surface area (Å²) in [5.41, 5.74) is 1.14. The average Bonchev–Trinajstić information content (AvgIpc) is 2.31. The van der Waals surface area contributed by atoms with Crippen molar-refractivity contribution < 1.29 is 4.79 Å². The molecule has 0 spiro atoms. The molecule has 1 aromatic carbocycles. The van der Waals surface area contributed by atoms with Crippen LogP contribution in [0.15, 0.2) is 42.5 Å². The minimum atomic E-state index is 0.0392. The zero-order chi connectivity index (χ0) is 11.8. The van der Waals surface area contributed by atoms with E-state index in [4.69, 9.17) is 0 Å². The van der Waals surface area contributed by atoms with Gasteiger partial charge >= 0.3 is 0 Å². The predicted molar refractivity (Wildman–Crippen MR) is 68.5 cm³/mol. The van der Waals surface area contributed by atoms with Gasteiger partial charge in [0.2, 0.25) is 0 Å².